The highest BCUT2D eigenvalue weighted by Crippen LogP contribution is 2.60. The van der Waals surface area contributed by atoms with Crippen LogP contribution in [0.3, 0.4) is 0 Å². The molecule has 1 aromatic rings. The van der Waals surface area contributed by atoms with Gasteiger partial charge in [0.15, 0.2) is 0 Å². The van der Waals surface area contributed by atoms with Crippen molar-refractivity contribution in [1.29, 1.82) is 0 Å². The number of ether oxygens (including phenoxy) is 1. The van der Waals surface area contributed by atoms with Crippen molar-refractivity contribution in [2.24, 2.45) is 23.7 Å². The van der Waals surface area contributed by atoms with Crippen molar-refractivity contribution in [1.82, 2.24) is 0 Å². The SMILES string of the molecule is Cc1cc(NC(=O)[C@H]2[C@H]3C[C@H]4[C@H](OC(=O)[C@@H]42)[C@@H]3Br)ccc1Br. The quantitative estimate of drug-likeness (QED) is 0.581. The highest BCUT2D eigenvalue weighted by atomic mass is 79.9. The second-order valence-electron chi connectivity index (χ2n) is 6.41. The molecule has 6 atom stereocenters. The van der Waals surface area contributed by atoms with Crippen molar-refractivity contribution in [3.8, 4) is 0 Å². The van der Waals surface area contributed by atoms with E-state index in [1.54, 1.807) is 0 Å². The van der Waals surface area contributed by atoms with Crippen LogP contribution in [-0.4, -0.2) is 22.8 Å². The van der Waals surface area contributed by atoms with Crippen molar-refractivity contribution in [2.75, 3.05) is 5.32 Å². The number of esters is 1. The van der Waals surface area contributed by atoms with Crippen LogP contribution < -0.4 is 5.32 Å². The number of nitrogens with one attached hydrogen (secondary N) is 1. The molecule has 2 saturated carbocycles. The third-order valence-corrected chi connectivity index (χ3v) is 7.34. The number of carbonyl (C=O) groups is 2. The fourth-order valence-electron chi connectivity index (χ4n) is 4.28. The summed E-state index contributed by atoms with van der Waals surface area (Å²) >= 11 is 7.08. The monoisotopic (exact) mass is 427 g/mol. The summed E-state index contributed by atoms with van der Waals surface area (Å²) in [7, 11) is 0. The number of carbonyl (C=O) groups excluding carboxylic acids is 2. The van der Waals surface area contributed by atoms with E-state index in [0.717, 1.165) is 22.1 Å². The van der Waals surface area contributed by atoms with Gasteiger partial charge in [0.05, 0.1) is 16.7 Å². The number of benzene rings is 1. The minimum atomic E-state index is -0.287. The lowest BCUT2D eigenvalue weighted by Gasteiger charge is -2.27. The first kappa shape index (κ1) is 14.7. The highest BCUT2D eigenvalue weighted by Gasteiger charge is 2.67. The van der Waals surface area contributed by atoms with Gasteiger partial charge >= 0.3 is 5.97 Å². The first-order valence-corrected chi connectivity index (χ1v) is 9.10. The molecule has 116 valence electrons. The van der Waals surface area contributed by atoms with Crippen LogP contribution in [0, 0.1) is 30.6 Å². The van der Waals surface area contributed by atoms with Gasteiger partial charge in [-0.1, -0.05) is 31.9 Å². The second-order valence-corrected chi connectivity index (χ2v) is 8.33. The molecule has 1 aromatic carbocycles. The number of halogens is 2. The van der Waals surface area contributed by atoms with E-state index in [1.165, 1.54) is 0 Å². The van der Waals surface area contributed by atoms with Crippen LogP contribution in [0.1, 0.15) is 12.0 Å². The molecule has 4 rings (SSSR count). The number of hydrogen-bond acceptors (Lipinski definition) is 3. The van der Waals surface area contributed by atoms with E-state index in [0.29, 0.717) is 0 Å². The lowest BCUT2D eigenvalue weighted by Crippen LogP contribution is -2.40. The molecule has 1 aliphatic heterocycles. The van der Waals surface area contributed by atoms with Gasteiger partial charge in [0.25, 0.3) is 0 Å². The molecule has 1 saturated heterocycles. The Morgan fingerprint density at radius 3 is 2.86 bits per heavy atom. The number of rotatable bonds is 2. The molecule has 0 unspecified atom stereocenters. The Kier molecular flexibility index (Phi) is 3.38. The largest absolute Gasteiger partial charge is 0.461 e. The van der Waals surface area contributed by atoms with E-state index in [4.69, 9.17) is 4.74 Å². The summed E-state index contributed by atoms with van der Waals surface area (Å²) in [5.74, 6) is -0.440. The Labute approximate surface area is 145 Å². The van der Waals surface area contributed by atoms with Crippen LogP contribution in [0.2, 0.25) is 0 Å². The minimum absolute atomic E-state index is 0.0403. The number of hydrogen-bond donors (Lipinski definition) is 1. The zero-order chi connectivity index (χ0) is 15.6. The topological polar surface area (TPSA) is 55.4 Å². The molecule has 3 fully saturated rings. The van der Waals surface area contributed by atoms with Gasteiger partial charge in [-0.15, -0.1) is 0 Å². The molecular weight excluding hydrogens is 414 g/mol. The molecular formula is C16H15Br2NO3. The lowest BCUT2D eigenvalue weighted by atomic mass is 9.79. The van der Waals surface area contributed by atoms with E-state index in [9.17, 15) is 9.59 Å². The van der Waals surface area contributed by atoms with E-state index < -0.39 is 0 Å². The normalized spacial score (nSPS) is 38.2. The molecule has 1 N–H and O–H groups in total. The molecule has 1 heterocycles. The molecule has 3 aliphatic rings. The van der Waals surface area contributed by atoms with Crippen LogP contribution >= 0.6 is 31.9 Å². The van der Waals surface area contributed by atoms with E-state index in [2.05, 4.69) is 37.2 Å². The minimum Gasteiger partial charge on any atom is -0.461 e. The number of anilines is 1. The van der Waals surface area contributed by atoms with Gasteiger partial charge in [-0.25, -0.2) is 0 Å². The Hall–Kier alpha value is -0.880. The van der Waals surface area contributed by atoms with Crippen LogP contribution in [0.4, 0.5) is 5.69 Å². The van der Waals surface area contributed by atoms with Gasteiger partial charge < -0.3 is 10.1 Å². The fourth-order valence-corrected chi connectivity index (χ4v) is 5.57. The van der Waals surface area contributed by atoms with Crippen molar-refractivity contribution in [3.63, 3.8) is 0 Å². The van der Waals surface area contributed by atoms with Crippen LogP contribution in [0.5, 0.6) is 0 Å². The summed E-state index contributed by atoms with van der Waals surface area (Å²) in [5.41, 5.74) is 1.83. The molecule has 0 radical (unpaired) electrons. The molecule has 0 spiro atoms. The summed E-state index contributed by atoms with van der Waals surface area (Å²) in [4.78, 5) is 24.9. The zero-order valence-electron chi connectivity index (χ0n) is 11.9. The van der Waals surface area contributed by atoms with Gasteiger partial charge in [-0.3, -0.25) is 9.59 Å². The molecule has 4 nitrogen and oxygen atoms in total. The predicted octanol–water partition coefficient (Wildman–Crippen LogP) is 3.27. The average Bonchev–Trinajstić information content (AvgIpc) is 3.07. The Bertz CT molecular complexity index is 677. The molecule has 0 aromatic heterocycles. The van der Waals surface area contributed by atoms with Crippen molar-refractivity contribution in [3.05, 3.63) is 28.2 Å². The molecule has 6 heteroatoms. The first-order chi connectivity index (χ1) is 10.5. The summed E-state index contributed by atoms with van der Waals surface area (Å²) in [6.07, 6.45) is 0.857. The number of fused-ring (bicyclic) bond motifs is 1. The summed E-state index contributed by atoms with van der Waals surface area (Å²) in [5, 5.41) is 2.97. The maximum absolute atomic E-state index is 12.7. The Morgan fingerprint density at radius 1 is 1.36 bits per heavy atom. The molecule has 2 bridgehead atoms. The van der Waals surface area contributed by atoms with Crippen LogP contribution in [0.25, 0.3) is 0 Å². The lowest BCUT2D eigenvalue weighted by molar-refractivity contribution is -0.145. The molecule has 1 amide bonds. The summed E-state index contributed by atoms with van der Waals surface area (Å²) in [6.45, 7) is 1.98. The Balaban J connectivity index is 1.58. The van der Waals surface area contributed by atoms with Crippen molar-refractivity contribution < 1.29 is 14.3 Å². The van der Waals surface area contributed by atoms with Crippen molar-refractivity contribution in [2.45, 2.75) is 24.3 Å². The predicted molar refractivity (Wildman–Crippen MR) is 88.7 cm³/mol. The average molecular weight is 429 g/mol. The molecule has 2 aliphatic carbocycles. The number of aryl methyl sites for hydroxylation is 1. The van der Waals surface area contributed by atoms with E-state index in [1.807, 2.05) is 25.1 Å². The zero-order valence-corrected chi connectivity index (χ0v) is 15.1. The van der Waals surface area contributed by atoms with E-state index in [-0.39, 0.29) is 46.5 Å². The second kappa shape index (κ2) is 5.06. The number of amides is 1. The summed E-state index contributed by atoms with van der Waals surface area (Å²) < 4.78 is 6.45. The van der Waals surface area contributed by atoms with E-state index >= 15 is 0 Å². The highest BCUT2D eigenvalue weighted by molar-refractivity contribution is 9.10. The fraction of sp³-hybridized carbons (Fsp3) is 0.500. The number of alkyl halides is 1. The third kappa shape index (κ3) is 1.99. The van der Waals surface area contributed by atoms with Crippen LogP contribution in [0.15, 0.2) is 22.7 Å². The maximum Gasteiger partial charge on any atom is 0.310 e. The third-order valence-electron chi connectivity index (χ3n) is 5.25. The smallest absolute Gasteiger partial charge is 0.310 e. The van der Waals surface area contributed by atoms with Crippen LogP contribution in [-0.2, 0) is 14.3 Å². The van der Waals surface area contributed by atoms with Gasteiger partial charge in [-0.05, 0) is 43.0 Å². The standard InChI is InChI=1S/C16H15Br2NO3/c1-6-4-7(2-3-10(6)17)19-15(20)11-8-5-9-12(11)16(21)22-14(9)13(8)18/h2-4,8-9,11-14H,5H2,1H3,(H,19,20)/t8-,9-,11+,12+,13-,14+/m1/s1. The van der Waals surface area contributed by atoms with Gasteiger partial charge in [-0.2, -0.15) is 0 Å². The van der Waals surface area contributed by atoms with Gasteiger partial charge in [0, 0.05) is 16.1 Å². The molecule has 22 heavy (non-hydrogen) atoms. The van der Waals surface area contributed by atoms with Gasteiger partial charge in [0.1, 0.15) is 6.10 Å². The van der Waals surface area contributed by atoms with Gasteiger partial charge in [0.2, 0.25) is 5.91 Å². The first-order valence-electron chi connectivity index (χ1n) is 7.39. The maximum atomic E-state index is 12.7. The summed E-state index contributed by atoms with van der Waals surface area (Å²) in [6, 6.07) is 5.71. The van der Waals surface area contributed by atoms with Crippen molar-refractivity contribution >= 4 is 49.4 Å². The Morgan fingerprint density at radius 2 is 2.14 bits per heavy atom.